The second kappa shape index (κ2) is 6.97. The molecule has 2 aromatic rings. The lowest BCUT2D eigenvalue weighted by atomic mass is 9.95. The van der Waals surface area contributed by atoms with Gasteiger partial charge < -0.3 is 14.5 Å². The van der Waals surface area contributed by atoms with Gasteiger partial charge in [0.2, 0.25) is 0 Å². The van der Waals surface area contributed by atoms with Gasteiger partial charge in [-0.25, -0.2) is 0 Å². The van der Waals surface area contributed by atoms with E-state index in [1.54, 1.807) is 0 Å². The summed E-state index contributed by atoms with van der Waals surface area (Å²) >= 11 is 0. The third-order valence-corrected chi connectivity index (χ3v) is 4.30. The maximum absolute atomic E-state index is 12.6. The first kappa shape index (κ1) is 15.1. The van der Waals surface area contributed by atoms with Gasteiger partial charge in [0.25, 0.3) is 5.91 Å². The van der Waals surface area contributed by atoms with E-state index in [1.807, 2.05) is 31.2 Å². The molecule has 118 valence electrons. The van der Waals surface area contributed by atoms with Crippen LogP contribution < -0.4 is 5.32 Å². The molecule has 1 saturated carbocycles. The molecule has 0 saturated heterocycles. The highest BCUT2D eigenvalue weighted by atomic mass is 16.5. The van der Waals surface area contributed by atoms with Crippen molar-refractivity contribution in [2.75, 3.05) is 6.61 Å². The van der Waals surface area contributed by atoms with Crippen molar-refractivity contribution in [3.8, 4) is 0 Å². The Balaban J connectivity index is 1.85. The average molecular weight is 301 g/mol. The van der Waals surface area contributed by atoms with Crippen LogP contribution in [-0.4, -0.2) is 18.6 Å². The summed E-state index contributed by atoms with van der Waals surface area (Å²) in [4.78, 5) is 12.6. The molecular formula is C18H23NO3. The molecule has 0 atom stereocenters. The number of furan rings is 1. The van der Waals surface area contributed by atoms with E-state index < -0.39 is 0 Å². The lowest BCUT2D eigenvalue weighted by molar-refractivity contribution is 0.0889. The van der Waals surface area contributed by atoms with Crippen LogP contribution in [0.5, 0.6) is 0 Å². The summed E-state index contributed by atoms with van der Waals surface area (Å²) in [6.45, 7) is 2.97. The molecule has 0 bridgehead atoms. The van der Waals surface area contributed by atoms with Crippen molar-refractivity contribution in [2.45, 2.75) is 51.7 Å². The van der Waals surface area contributed by atoms with Crippen molar-refractivity contribution in [1.82, 2.24) is 5.32 Å². The fraction of sp³-hybridized carbons (Fsp3) is 0.500. The van der Waals surface area contributed by atoms with Gasteiger partial charge in [0.05, 0.1) is 6.61 Å². The van der Waals surface area contributed by atoms with Crippen molar-refractivity contribution in [2.24, 2.45) is 0 Å². The van der Waals surface area contributed by atoms with Crippen LogP contribution in [-0.2, 0) is 11.3 Å². The van der Waals surface area contributed by atoms with E-state index in [0.717, 1.165) is 29.4 Å². The molecular weight excluding hydrogens is 278 g/mol. The summed E-state index contributed by atoms with van der Waals surface area (Å²) in [5.41, 5.74) is 1.59. The third kappa shape index (κ3) is 3.17. The maximum Gasteiger partial charge on any atom is 0.287 e. The molecule has 4 nitrogen and oxygen atoms in total. The molecule has 0 unspecified atom stereocenters. The summed E-state index contributed by atoms with van der Waals surface area (Å²) < 4.78 is 11.3. The fourth-order valence-corrected chi connectivity index (χ4v) is 3.13. The highest BCUT2D eigenvalue weighted by Crippen LogP contribution is 2.27. The Morgan fingerprint density at radius 1 is 1.27 bits per heavy atom. The number of fused-ring (bicyclic) bond motifs is 1. The Kier molecular flexibility index (Phi) is 4.78. The van der Waals surface area contributed by atoms with E-state index in [4.69, 9.17) is 9.15 Å². The van der Waals surface area contributed by atoms with Crippen molar-refractivity contribution in [1.29, 1.82) is 0 Å². The minimum Gasteiger partial charge on any atom is -0.451 e. The summed E-state index contributed by atoms with van der Waals surface area (Å²) in [5.74, 6) is 0.290. The van der Waals surface area contributed by atoms with Crippen LogP contribution in [0.1, 0.15) is 55.1 Å². The smallest absolute Gasteiger partial charge is 0.287 e. The first-order valence-electron chi connectivity index (χ1n) is 8.18. The molecule has 1 amide bonds. The number of hydrogen-bond acceptors (Lipinski definition) is 3. The second-order valence-corrected chi connectivity index (χ2v) is 5.85. The Hall–Kier alpha value is -1.81. The zero-order valence-corrected chi connectivity index (χ0v) is 13.1. The van der Waals surface area contributed by atoms with Crippen molar-refractivity contribution in [3.63, 3.8) is 0 Å². The lowest BCUT2D eigenvalue weighted by Gasteiger charge is -2.22. The van der Waals surface area contributed by atoms with Crippen molar-refractivity contribution >= 4 is 16.9 Å². The van der Waals surface area contributed by atoms with E-state index in [2.05, 4.69) is 5.32 Å². The number of hydrogen-bond donors (Lipinski definition) is 1. The zero-order chi connectivity index (χ0) is 15.4. The van der Waals surface area contributed by atoms with Gasteiger partial charge in [-0.1, -0.05) is 37.5 Å². The van der Waals surface area contributed by atoms with E-state index in [9.17, 15) is 4.79 Å². The standard InChI is InChI=1S/C18H23NO3/c1-2-21-12-15-14-10-6-7-11-16(14)22-17(15)18(20)19-13-8-4-3-5-9-13/h6-7,10-11,13H,2-5,8-9,12H2,1H3,(H,19,20). The van der Waals surface area contributed by atoms with Gasteiger partial charge in [-0.05, 0) is 25.8 Å². The molecule has 4 heteroatoms. The monoisotopic (exact) mass is 301 g/mol. The molecule has 0 radical (unpaired) electrons. The predicted molar refractivity (Wildman–Crippen MR) is 85.9 cm³/mol. The van der Waals surface area contributed by atoms with Crippen LogP contribution >= 0.6 is 0 Å². The quantitative estimate of drug-likeness (QED) is 0.907. The van der Waals surface area contributed by atoms with Crippen molar-refractivity contribution in [3.05, 3.63) is 35.6 Å². The Morgan fingerprint density at radius 3 is 2.82 bits per heavy atom. The summed E-state index contributed by atoms with van der Waals surface area (Å²) in [5, 5.41) is 4.09. The third-order valence-electron chi connectivity index (χ3n) is 4.30. The minimum atomic E-state index is -0.113. The number of carbonyl (C=O) groups is 1. The Morgan fingerprint density at radius 2 is 2.05 bits per heavy atom. The number of carbonyl (C=O) groups excluding carboxylic acids is 1. The molecule has 3 rings (SSSR count). The maximum atomic E-state index is 12.6. The molecule has 1 N–H and O–H groups in total. The van der Waals surface area contributed by atoms with E-state index >= 15 is 0 Å². The van der Waals surface area contributed by atoms with Crippen LogP contribution in [0.3, 0.4) is 0 Å². The Labute approximate surface area is 130 Å². The van der Waals surface area contributed by atoms with Gasteiger partial charge in [-0.3, -0.25) is 4.79 Å². The molecule has 1 aliphatic carbocycles. The zero-order valence-electron chi connectivity index (χ0n) is 13.1. The molecule has 1 aromatic heterocycles. The normalized spacial score (nSPS) is 16.0. The number of nitrogens with one attached hydrogen (secondary N) is 1. The van der Waals surface area contributed by atoms with Crippen LogP contribution in [0, 0.1) is 0 Å². The number of rotatable bonds is 5. The van der Waals surface area contributed by atoms with E-state index in [1.165, 1.54) is 19.3 Å². The van der Waals surface area contributed by atoms with Crippen LogP contribution in [0.2, 0.25) is 0 Å². The van der Waals surface area contributed by atoms with Crippen LogP contribution in [0.4, 0.5) is 0 Å². The van der Waals surface area contributed by atoms with E-state index in [-0.39, 0.29) is 11.9 Å². The summed E-state index contributed by atoms with van der Waals surface area (Å²) in [6, 6.07) is 8.01. The van der Waals surface area contributed by atoms with Gasteiger partial charge in [0.1, 0.15) is 5.58 Å². The highest BCUT2D eigenvalue weighted by molar-refractivity contribution is 5.99. The first-order chi connectivity index (χ1) is 10.8. The SMILES string of the molecule is CCOCc1c(C(=O)NC2CCCCC2)oc2ccccc12. The largest absolute Gasteiger partial charge is 0.451 e. The molecule has 1 aliphatic rings. The first-order valence-corrected chi connectivity index (χ1v) is 8.18. The van der Waals surface area contributed by atoms with E-state index in [0.29, 0.717) is 19.0 Å². The molecule has 0 aliphatic heterocycles. The van der Waals surface area contributed by atoms with Gasteiger partial charge in [-0.15, -0.1) is 0 Å². The lowest BCUT2D eigenvalue weighted by Crippen LogP contribution is -2.36. The van der Waals surface area contributed by atoms with Gasteiger partial charge in [0.15, 0.2) is 5.76 Å². The van der Waals surface area contributed by atoms with Crippen LogP contribution in [0.15, 0.2) is 28.7 Å². The molecule has 1 heterocycles. The molecule has 1 fully saturated rings. The molecule has 1 aromatic carbocycles. The topological polar surface area (TPSA) is 51.5 Å². The van der Waals surface area contributed by atoms with Crippen molar-refractivity contribution < 1.29 is 13.9 Å². The Bertz CT molecular complexity index is 641. The van der Waals surface area contributed by atoms with Gasteiger partial charge >= 0.3 is 0 Å². The van der Waals surface area contributed by atoms with Gasteiger partial charge in [-0.2, -0.15) is 0 Å². The number of para-hydroxylation sites is 1. The summed E-state index contributed by atoms with van der Waals surface area (Å²) in [7, 11) is 0. The fourth-order valence-electron chi connectivity index (χ4n) is 3.13. The summed E-state index contributed by atoms with van der Waals surface area (Å²) in [6.07, 6.45) is 5.78. The predicted octanol–water partition coefficient (Wildman–Crippen LogP) is 4.03. The molecule has 0 spiro atoms. The van der Waals surface area contributed by atoms with Crippen LogP contribution in [0.25, 0.3) is 11.0 Å². The van der Waals surface area contributed by atoms with Gasteiger partial charge in [0, 0.05) is 23.6 Å². The number of ether oxygens (including phenoxy) is 1. The number of benzene rings is 1. The average Bonchev–Trinajstić information content (AvgIpc) is 2.92. The second-order valence-electron chi connectivity index (χ2n) is 5.85. The number of amides is 1. The minimum absolute atomic E-state index is 0.113. The highest BCUT2D eigenvalue weighted by Gasteiger charge is 2.23. The molecule has 22 heavy (non-hydrogen) atoms.